The van der Waals surface area contributed by atoms with Crippen LogP contribution in [0.3, 0.4) is 0 Å². The van der Waals surface area contributed by atoms with Gasteiger partial charge in [-0.1, -0.05) is 20.3 Å². The van der Waals surface area contributed by atoms with Gasteiger partial charge in [-0.2, -0.15) is 0 Å². The normalized spacial score (nSPS) is 27.0. The first-order valence-electron chi connectivity index (χ1n) is 8.49. The van der Waals surface area contributed by atoms with Crippen molar-refractivity contribution in [3.8, 4) is 0 Å². The van der Waals surface area contributed by atoms with Gasteiger partial charge in [-0.15, -0.1) is 0 Å². The molecule has 0 aliphatic carbocycles. The molecule has 19 heavy (non-hydrogen) atoms. The van der Waals surface area contributed by atoms with Gasteiger partial charge in [0.25, 0.3) is 0 Å². The molecule has 0 aromatic carbocycles. The Hall–Kier alpha value is -0.0800. The van der Waals surface area contributed by atoms with Crippen LogP contribution in [0.1, 0.15) is 59.8 Å². The molecule has 0 spiro atoms. The molecule has 0 aromatic rings. The smallest absolute Gasteiger partial charge is 0.00385 e. The van der Waals surface area contributed by atoms with Crippen LogP contribution in [0.25, 0.3) is 0 Å². The van der Waals surface area contributed by atoms with Crippen LogP contribution >= 0.6 is 0 Å². The molecule has 0 atom stereocenters. The van der Waals surface area contributed by atoms with Gasteiger partial charge in [0, 0.05) is 12.6 Å². The fourth-order valence-corrected chi connectivity index (χ4v) is 3.83. The van der Waals surface area contributed by atoms with E-state index in [1.54, 1.807) is 0 Å². The van der Waals surface area contributed by atoms with Crippen LogP contribution < -0.4 is 0 Å². The van der Waals surface area contributed by atoms with Gasteiger partial charge in [0.2, 0.25) is 0 Å². The highest BCUT2D eigenvalue weighted by atomic mass is 15.2. The lowest BCUT2D eigenvalue weighted by atomic mass is 9.79. The molecule has 0 amide bonds. The van der Waals surface area contributed by atoms with E-state index in [1.807, 2.05) is 0 Å². The number of likely N-dealkylation sites (tertiary alicyclic amines) is 2. The first-order valence-corrected chi connectivity index (χ1v) is 8.49. The highest BCUT2D eigenvalue weighted by Crippen LogP contribution is 2.33. The quantitative estimate of drug-likeness (QED) is 0.767. The minimum atomic E-state index is 0.574. The zero-order valence-corrected chi connectivity index (χ0v) is 13.6. The molecule has 112 valence electrons. The molecule has 2 nitrogen and oxygen atoms in total. The van der Waals surface area contributed by atoms with Gasteiger partial charge < -0.3 is 9.80 Å². The van der Waals surface area contributed by atoms with E-state index >= 15 is 0 Å². The molecule has 2 aliphatic heterocycles. The second-order valence-electron chi connectivity index (χ2n) is 7.57. The molecule has 2 rings (SSSR count). The topological polar surface area (TPSA) is 6.48 Å². The number of piperidine rings is 2. The predicted molar refractivity (Wildman–Crippen MR) is 83.5 cm³/mol. The summed E-state index contributed by atoms with van der Waals surface area (Å²) in [5.74, 6) is 1.01. The van der Waals surface area contributed by atoms with Gasteiger partial charge >= 0.3 is 0 Å². The zero-order valence-electron chi connectivity index (χ0n) is 13.6. The molecule has 2 heterocycles. The van der Waals surface area contributed by atoms with Crippen molar-refractivity contribution in [2.45, 2.75) is 65.8 Å². The summed E-state index contributed by atoms with van der Waals surface area (Å²) in [6.45, 7) is 16.2. The lowest BCUT2D eigenvalue weighted by Crippen LogP contribution is -2.48. The molecule has 0 N–H and O–H groups in total. The Labute approximate surface area is 120 Å². The van der Waals surface area contributed by atoms with Crippen LogP contribution in [0.5, 0.6) is 0 Å². The van der Waals surface area contributed by atoms with Crippen LogP contribution in [0.2, 0.25) is 0 Å². The van der Waals surface area contributed by atoms with Crippen molar-refractivity contribution >= 4 is 0 Å². The molecule has 2 heteroatoms. The summed E-state index contributed by atoms with van der Waals surface area (Å²) in [6.07, 6.45) is 7.03. The van der Waals surface area contributed by atoms with E-state index in [1.165, 1.54) is 64.8 Å². The maximum absolute atomic E-state index is 2.75. The number of nitrogens with zero attached hydrogens (tertiary/aromatic N) is 2. The summed E-state index contributed by atoms with van der Waals surface area (Å²) in [5.41, 5.74) is 0.574. The average molecular weight is 266 g/mol. The summed E-state index contributed by atoms with van der Waals surface area (Å²) in [4.78, 5) is 5.39. The van der Waals surface area contributed by atoms with E-state index in [-0.39, 0.29) is 0 Å². The van der Waals surface area contributed by atoms with Crippen LogP contribution in [-0.4, -0.2) is 48.6 Å². The molecular formula is C17H34N2. The van der Waals surface area contributed by atoms with Crippen LogP contribution in [0.15, 0.2) is 0 Å². The Kier molecular flexibility index (Phi) is 5.30. The molecule has 0 bridgehead atoms. The molecule has 0 saturated carbocycles. The fraction of sp³-hybridized carbons (Fsp3) is 1.00. The molecule has 0 aromatic heterocycles. The van der Waals surface area contributed by atoms with E-state index < -0.39 is 0 Å². The fourth-order valence-electron chi connectivity index (χ4n) is 3.83. The zero-order chi connectivity index (χ0) is 13.9. The van der Waals surface area contributed by atoms with Gasteiger partial charge in [0.15, 0.2) is 0 Å². The Morgan fingerprint density at radius 1 is 1.05 bits per heavy atom. The van der Waals surface area contributed by atoms with Gasteiger partial charge in [-0.05, 0) is 77.0 Å². The van der Waals surface area contributed by atoms with Gasteiger partial charge in [-0.3, -0.25) is 0 Å². The van der Waals surface area contributed by atoms with E-state index in [2.05, 4.69) is 37.5 Å². The summed E-state index contributed by atoms with van der Waals surface area (Å²) < 4.78 is 0. The number of hydrogen-bond donors (Lipinski definition) is 0. The second-order valence-corrected chi connectivity index (χ2v) is 7.57. The number of hydrogen-bond acceptors (Lipinski definition) is 2. The van der Waals surface area contributed by atoms with E-state index in [4.69, 9.17) is 0 Å². The summed E-state index contributed by atoms with van der Waals surface area (Å²) >= 11 is 0. The van der Waals surface area contributed by atoms with Crippen molar-refractivity contribution in [2.24, 2.45) is 11.3 Å². The lowest BCUT2D eigenvalue weighted by molar-refractivity contribution is 0.0485. The average Bonchev–Trinajstić information content (AvgIpc) is 2.40. The van der Waals surface area contributed by atoms with Crippen molar-refractivity contribution in [3.63, 3.8) is 0 Å². The van der Waals surface area contributed by atoms with Crippen molar-refractivity contribution in [2.75, 3.05) is 32.7 Å². The highest BCUT2D eigenvalue weighted by Gasteiger charge is 2.33. The van der Waals surface area contributed by atoms with Crippen molar-refractivity contribution < 1.29 is 0 Å². The minimum absolute atomic E-state index is 0.574. The van der Waals surface area contributed by atoms with E-state index in [0.717, 1.165) is 12.0 Å². The van der Waals surface area contributed by atoms with E-state index in [0.29, 0.717) is 5.41 Å². The third-order valence-electron chi connectivity index (χ3n) is 5.63. The van der Waals surface area contributed by atoms with E-state index in [9.17, 15) is 0 Å². The molecular weight excluding hydrogens is 232 g/mol. The van der Waals surface area contributed by atoms with Gasteiger partial charge in [0.1, 0.15) is 0 Å². The maximum atomic E-state index is 2.75. The van der Waals surface area contributed by atoms with Crippen LogP contribution in [0.4, 0.5) is 0 Å². The molecule has 2 saturated heterocycles. The van der Waals surface area contributed by atoms with Gasteiger partial charge in [-0.25, -0.2) is 0 Å². The third-order valence-corrected chi connectivity index (χ3v) is 5.63. The van der Waals surface area contributed by atoms with Crippen molar-refractivity contribution in [1.82, 2.24) is 9.80 Å². The maximum Gasteiger partial charge on any atom is 0.00385 e. The first-order chi connectivity index (χ1) is 9.02. The first kappa shape index (κ1) is 15.3. The minimum Gasteiger partial charge on any atom is -0.303 e. The Bertz CT molecular complexity index is 258. The summed E-state index contributed by atoms with van der Waals surface area (Å²) in [6, 6.07) is 0.727. The largest absolute Gasteiger partial charge is 0.303 e. The van der Waals surface area contributed by atoms with Gasteiger partial charge in [0.05, 0.1) is 0 Å². The Morgan fingerprint density at radius 3 is 2.11 bits per heavy atom. The highest BCUT2D eigenvalue weighted by molar-refractivity contribution is 4.87. The SMILES string of the molecule is CCC1CCN(CC2(C)CCN(C(C)C)CC2)CC1. The third kappa shape index (κ3) is 4.19. The standard InChI is InChI=1S/C17H34N2/c1-5-16-6-10-18(11-7-16)14-17(4)8-12-19(13-9-17)15(2)3/h15-16H,5-14H2,1-4H3. The molecule has 0 unspecified atom stereocenters. The van der Waals surface area contributed by atoms with Crippen molar-refractivity contribution in [3.05, 3.63) is 0 Å². The Morgan fingerprint density at radius 2 is 1.63 bits per heavy atom. The number of rotatable bonds is 4. The Balaban J connectivity index is 1.77. The van der Waals surface area contributed by atoms with Crippen LogP contribution in [0, 0.1) is 11.3 Å². The predicted octanol–water partition coefficient (Wildman–Crippen LogP) is 3.62. The lowest BCUT2D eigenvalue weighted by Gasteiger charge is -2.44. The van der Waals surface area contributed by atoms with Crippen LogP contribution in [-0.2, 0) is 0 Å². The summed E-state index contributed by atoms with van der Waals surface area (Å²) in [7, 11) is 0. The monoisotopic (exact) mass is 266 g/mol. The molecule has 2 fully saturated rings. The second kappa shape index (κ2) is 6.58. The summed E-state index contributed by atoms with van der Waals surface area (Å²) in [5, 5.41) is 0. The molecule has 2 aliphatic rings. The molecule has 0 radical (unpaired) electrons. The van der Waals surface area contributed by atoms with Crippen molar-refractivity contribution in [1.29, 1.82) is 0 Å².